The number of carbonyl (C=O) groups excluding carboxylic acids is 1. The van der Waals surface area contributed by atoms with Gasteiger partial charge in [-0.05, 0) is 30.3 Å². The van der Waals surface area contributed by atoms with Crippen molar-refractivity contribution in [1.29, 1.82) is 0 Å². The van der Waals surface area contributed by atoms with Crippen LogP contribution in [0.3, 0.4) is 0 Å². The van der Waals surface area contributed by atoms with E-state index in [1.165, 1.54) is 0 Å². The Bertz CT molecular complexity index is 1440. The Labute approximate surface area is 202 Å². The van der Waals surface area contributed by atoms with Crippen LogP contribution >= 0.6 is 0 Å². The summed E-state index contributed by atoms with van der Waals surface area (Å²) in [5, 5.41) is 16.2. The minimum Gasteiger partial charge on any atom is -0.362 e. The molecule has 11 heteroatoms. The first kappa shape index (κ1) is 23.3. The van der Waals surface area contributed by atoms with Crippen LogP contribution in [0.25, 0.3) is 22.2 Å². The van der Waals surface area contributed by atoms with Crippen molar-refractivity contribution in [3.63, 3.8) is 0 Å². The van der Waals surface area contributed by atoms with Gasteiger partial charge in [-0.2, -0.15) is 13.2 Å². The summed E-state index contributed by atoms with van der Waals surface area (Å²) in [6, 6.07) is 17.0. The van der Waals surface area contributed by atoms with Crippen LogP contribution in [0.2, 0.25) is 0 Å². The summed E-state index contributed by atoms with van der Waals surface area (Å²) in [5.41, 5.74) is 0.290. The average molecular weight is 496 g/mol. The van der Waals surface area contributed by atoms with E-state index in [0.29, 0.717) is 28.3 Å². The molecule has 0 spiro atoms. The highest BCUT2D eigenvalue weighted by atomic mass is 19.4. The molecule has 3 aromatic carbocycles. The van der Waals surface area contributed by atoms with E-state index in [-0.39, 0.29) is 37.8 Å². The van der Waals surface area contributed by atoms with E-state index in [4.69, 9.17) is 4.52 Å². The molecule has 36 heavy (non-hydrogen) atoms. The number of rotatable bonds is 4. The smallest absolute Gasteiger partial charge is 0.362 e. The average Bonchev–Trinajstić information content (AvgIpc) is 3.31. The molecule has 8 nitrogen and oxygen atoms in total. The Morgan fingerprint density at radius 3 is 2.36 bits per heavy atom. The lowest BCUT2D eigenvalue weighted by Gasteiger charge is -2.36. The number of hydrogen-bond acceptors (Lipinski definition) is 6. The van der Waals surface area contributed by atoms with E-state index >= 15 is 0 Å². The zero-order valence-corrected chi connectivity index (χ0v) is 18.7. The van der Waals surface area contributed by atoms with Gasteiger partial charge in [-0.25, -0.2) is 0 Å². The van der Waals surface area contributed by atoms with Gasteiger partial charge in [0.05, 0.1) is 15.9 Å². The quantitative estimate of drug-likeness (QED) is 0.278. The number of nitro groups is 1. The van der Waals surface area contributed by atoms with Crippen LogP contribution in [0, 0.1) is 10.1 Å². The molecule has 4 aromatic rings. The van der Waals surface area contributed by atoms with Gasteiger partial charge in [0.2, 0.25) is 0 Å². The summed E-state index contributed by atoms with van der Waals surface area (Å²) in [7, 11) is 0. The molecule has 2 heterocycles. The number of carbonyl (C=O) groups is 1. The molecule has 0 aliphatic carbocycles. The Morgan fingerprint density at radius 1 is 0.972 bits per heavy atom. The number of amides is 1. The van der Waals surface area contributed by atoms with Crippen LogP contribution in [-0.2, 0) is 6.18 Å². The SMILES string of the molecule is O=C(c1ccc2noc(-c3ccccc3)c2c1)N1CCN(c2ccc(C(F)(F)F)cc2[N+](=O)[O-])CC1. The summed E-state index contributed by atoms with van der Waals surface area (Å²) >= 11 is 0. The third-order valence-corrected chi connectivity index (χ3v) is 6.17. The van der Waals surface area contributed by atoms with Gasteiger partial charge in [0, 0.05) is 43.4 Å². The summed E-state index contributed by atoms with van der Waals surface area (Å²) in [6.07, 6.45) is -4.68. The van der Waals surface area contributed by atoms with Crippen molar-refractivity contribution in [3.8, 4) is 11.3 Å². The normalized spacial score (nSPS) is 14.3. The van der Waals surface area contributed by atoms with Gasteiger partial charge in [-0.15, -0.1) is 0 Å². The second kappa shape index (κ2) is 8.99. The van der Waals surface area contributed by atoms with Gasteiger partial charge in [-0.1, -0.05) is 35.5 Å². The van der Waals surface area contributed by atoms with Crippen LogP contribution in [0.1, 0.15) is 15.9 Å². The van der Waals surface area contributed by atoms with Gasteiger partial charge in [0.25, 0.3) is 11.6 Å². The number of anilines is 1. The monoisotopic (exact) mass is 496 g/mol. The van der Waals surface area contributed by atoms with Crippen LogP contribution in [-0.4, -0.2) is 47.1 Å². The van der Waals surface area contributed by atoms with Gasteiger partial charge in [0.15, 0.2) is 5.76 Å². The molecule has 184 valence electrons. The van der Waals surface area contributed by atoms with Crippen molar-refractivity contribution in [3.05, 3.63) is 88.0 Å². The van der Waals surface area contributed by atoms with E-state index < -0.39 is 22.4 Å². The molecule has 0 bridgehead atoms. The van der Waals surface area contributed by atoms with Crippen molar-refractivity contribution in [2.75, 3.05) is 31.1 Å². The topological polar surface area (TPSA) is 92.7 Å². The number of halogens is 3. The maximum Gasteiger partial charge on any atom is 0.416 e. The number of hydrogen-bond donors (Lipinski definition) is 0. The molecule has 0 atom stereocenters. The second-order valence-corrected chi connectivity index (χ2v) is 8.35. The zero-order chi connectivity index (χ0) is 25.4. The van der Waals surface area contributed by atoms with E-state index in [2.05, 4.69) is 5.16 Å². The van der Waals surface area contributed by atoms with Crippen molar-refractivity contribution in [2.24, 2.45) is 0 Å². The number of nitrogens with zero attached hydrogens (tertiary/aromatic N) is 4. The molecule has 0 unspecified atom stereocenters. The molecule has 1 amide bonds. The minimum absolute atomic E-state index is 0.0958. The van der Waals surface area contributed by atoms with E-state index in [1.54, 1.807) is 28.0 Å². The molecular formula is C25H19F3N4O4. The van der Waals surface area contributed by atoms with Crippen molar-refractivity contribution >= 4 is 28.2 Å². The fourth-order valence-corrected chi connectivity index (χ4v) is 4.32. The van der Waals surface area contributed by atoms with E-state index in [1.807, 2.05) is 30.3 Å². The number of piperazine rings is 1. The van der Waals surface area contributed by atoms with Gasteiger partial charge >= 0.3 is 6.18 Å². The first-order valence-corrected chi connectivity index (χ1v) is 11.1. The van der Waals surface area contributed by atoms with Crippen molar-refractivity contribution in [2.45, 2.75) is 6.18 Å². The Kier molecular flexibility index (Phi) is 5.83. The van der Waals surface area contributed by atoms with Gasteiger partial charge in [0.1, 0.15) is 11.2 Å². The number of fused-ring (bicyclic) bond motifs is 1. The highest BCUT2D eigenvalue weighted by Gasteiger charge is 2.34. The van der Waals surface area contributed by atoms with Crippen molar-refractivity contribution in [1.82, 2.24) is 10.1 Å². The summed E-state index contributed by atoms with van der Waals surface area (Å²) < 4.78 is 44.5. The van der Waals surface area contributed by atoms with Crippen LogP contribution in [0.15, 0.2) is 71.3 Å². The Hall–Kier alpha value is -4.41. The highest BCUT2D eigenvalue weighted by Crippen LogP contribution is 2.37. The lowest BCUT2D eigenvalue weighted by atomic mass is 10.1. The Balaban J connectivity index is 1.34. The third-order valence-electron chi connectivity index (χ3n) is 6.17. The molecule has 0 saturated carbocycles. The number of nitro benzene ring substituents is 1. The molecule has 1 aliphatic rings. The molecule has 1 aromatic heterocycles. The number of alkyl halides is 3. The standard InChI is InChI=1S/C25H19F3N4O4/c26-25(27,28)18-7-9-21(22(15-18)32(34)35)30-10-12-31(13-11-30)24(33)17-6-8-20-19(14-17)23(36-29-20)16-4-2-1-3-5-16/h1-9,14-15H,10-13H2. The predicted molar refractivity (Wildman–Crippen MR) is 126 cm³/mol. The molecule has 0 radical (unpaired) electrons. The van der Waals surface area contributed by atoms with Crippen LogP contribution in [0.4, 0.5) is 24.5 Å². The first-order valence-electron chi connectivity index (χ1n) is 11.1. The largest absolute Gasteiger partial charge is 0.416 e. The third kappa shape index (κ3) is 4.35. The lowest BCUT2D eigenvalue weighted by Crippen LogP contribution is -2.49. The number of benzene rings is 3. The summed E-state index contributed by atoms with van der Waals surface area (Å²) in [4.78, 5) is 27.1. The molecule has 1 saturated heterocycles. The van der Waals surface area contributed by atoms with Gasteiger partial charge in [-0.3, -0.25) is 14.9 Å². The van der Waals surface area contributed by atoms with Gasteiger partial charge < -0.3 is 14.3 Å². The fraction of sp³-hybridized carbons (Fsp3) is 0.200. The Morgan fingerprint density at radius 2 is 1.69 bits per heavy atom. The minimum atomic E-state index is -4.68. The molecule has 1 fully saturated rings. The van der Waals surface area contributed by atoms with Crippen LogP contribution in [0.5, 0.6) is 0 Å². The lowest BCUT2D eigenvalue weighted by molar-refractivity contribution is -0.384. The first-order chi connectivity index (χ1) is 17.2. The summed E-state index contributed by atoms with van der Waals surface area (Å²) in [6.45, 7) is 0.986. The summed E-state index contributed by atoms with van der Waals surface area (Å²) in [5.74, 6) is 0.332. The highest BCUT2D eigenvalue weighted by molar-refractivity contribution is 6.01. The van der Waals surface area contributed by atoms with E-state index in [0.717, 1.165) is 17.7 Å². The number of aromatic nitrogens is 1. The predicted octanol–water partition coefficient (Wildman–Crippen LogP) is 5.38. The molecule has 0 N–H and O–H groups in total. The maximum atomic E-state index is 13.2. The molecular weight excluding hydrogens is 477 g/mol. The van der Waals surface area contributed by atoms with E-state index in [9.17, 15) is 28.1 Å². The van der Waals surface area contributed by atoms with Crippen LogP contribution < -0.4 is 4.90 Å². The molecule has 5 rings (SSSR count). The zero-order valence-electron chi connectivity index (χ0n) is 18.7. The fourth-order valence-electron chi connectivity index (χ4n) is 4.32. The molecule has 1 aliphatic heterocycles. The second-order valence-electron chi connectivity index (χ2n) is 8.35. The van der Waals surface area contributed by atoms with Crippen molar-refractivity contribution < 1.29 is 27.4 Å². The maximum absolute atomic E-state index is 13.2.